The van der Waals surface area contributed by atoms with E-state index in [1.54, 1.807) is 0 Å². The standard InChI is InChI=1S/C8H11NO4S/c10-5-9-13-4-7-2-1-6(14-7)3-8(11)12/h1,5,7H,2-4H2,(H,9,10)(H,11,12). The van der Waals surface area contributed by atoms with Gasteiger partial charge in [0.25, 0.3) is 0 Å². The number of aliphatic carboxylic acids is 1. The molecule has 1 unspecified atom stereocenters. The predicted octanol–water partition coefficient (Wildman–Crippen LogP) is 0.528. The van der Waals surface area contributed by atoms with Crippen LogP contribution in [0.5, 0.6) is 0 Å². The molecule has 78 valence electrons. The van der Waals surface area contributed by atoms with Crippen molar-refractivity contribution >= 4 is 24.1 Å². The van der Waals surface area contributed by atoms with Crippen molar-refractivity contribution in [3.63, 3.8) is 0 Å². The molecular weight excluding hydrogens is 206 g/mol. The van der Waals surface area contributed by atoms with Gasteiger partial charge in [-0.1, -0.05) is 6.08 Å². The van der Waals surface area contributed by atoms with Gasteiger partial charge >= 0.3 is 5.97 Å². The fourth-order valence-electron chi connectivity index (χ4n) is 1.11. The number of nitrogens with one attached hydrogen (secondary N) is 1. The van der Waals surface area contributed by atoms with E-state index in [1.165, 1.54) is 11.8 Å². The molecule has 0 bridgehead atoms. The van der Waals surface area contributed by atoms with Crippen molar-refractivity contribution in [1.29, 1.82) is 0 Å². The van der Waals surface area contributed by atoms with Crippen molar-refractivity contribution in [2.24, 2.45) is 0 Å². The molecule has 1 amide bonds. The quantitative estimate of drug-likeness (QED) is 0.385. The van der Waals surface area contributed by atoms with Gasteiger partial charge < -0.3 is 5.11 Å². The highest BCUT2D eigenvalue weighted by Crippen LogP contribution is 2.34. The van der Waals surface area contributed by atoms with Crippen molar-refractivity contribution in [3.05, 3.63) is 11.0 Å². The van der Waals surface area contributed by atoms with Crippen molar-refractivity contribution in [2.75, 3.05) is 6.61 Å². The summed E-state index contributed by atoms with van der Waals surface area (Å²) in [5, 5.41) is 8.74. The van der Waals surface area contributed by atoms with Crippen molar-refractivity contribution in [3.8, 4) is 0 Å². The van der Waals surface area contributed by atoms with E-state index in [4.69, 9.17) is 9.94 Å². The van der Waals surface area contributed by atoms with Crippen LogP contribution in [0, 0.1) is 0 Å². The molecule has 1 rings (SSSR count). The van der Waals surface area contributed by atoms with Crippen LogP contribution in [0.25, 0.3) is 0 Å². The monoisotopic (exact) mass is 217 g/mol. The summed E-state index contributed by atoms with van der Waals surface area (Å²) in [4.78, 5) is 25.9. The summed E-state index contributed by atoms with van der Waals surface area (Å²) in [6.45, 7) is 0.392. The molecule has 1 aliphatic heterocycles. The molecular formula is C8H11NO4S. The molecule has 0 fully saturated rings. The van der Waals surface area contributed by atoms with Crippen LogP contribution in [0.15, 0.2) is 11.0 Å². The number of carboxylic acid groups (broad SMARTS) is 1. The molecule has 0 aromatic carbocycles. The number of hydrogen-bond donors (Lipinski definition) is 2. The molecule has 0 aromatic heterocycles. The Morgan fingerprint density at radius 1 is 1.86 bits per heavy atom. The number of carboxylic acids is 1. The third-order valence-corrected chi connectivity index (χ3v) is 2.93. The molecule has 0 spiro atoms. The maximum Gasteiger partial charge on any atom is 0.308 e. The van der Waals surface area contributed by atoms with E-state index in [2.05, 4.69) is 5.48 Å². The van der Waals surface area contributed by atoms with Gasteiger partial charge in [0.1, 0.15) is 0 Å². The number of allylic oxidation sites excluding steroid dienone is 1. The summed E-state index contributed by atoms with van der Waals surface area (Å²) in [7, 11) is 0. The van der Waals surface area contributed by atoms with Crippen LogP contribution in [0.2, 0.25) is 0 Å². The van der Waals surface area contributed by atoms with Crippen molar-refractivity contribution in [1.82, 2.24) is 5.48 Å². The van der Waals surface area contributed by atoms with Crippen LogP contribution in [-0.4, -0.2) is 29.3 Å². The molecule has 0 radical (unpaired) electrons. The van der Waals surface area contributed by atoms with E-state index < -0.39 is 5.97 Å². The molecule has 0 saturated heterocycles. The van der Waals surface area contributed by atoms with Crippen LogP contribution in [0.1, 0.15) is 12.8 Å². The lowest BCUT2D eigenvalue weighted by Gasteiger charge is -2.08. The number of thioether (sulfide) groups is 1. The van der Waals surface area contributed by atoms with Gasteiger partial charge in [0.15, 0.2) is 0 Å². The zero-order valence-corrected chi connectivity index (χ0v) is 8.25. The van der Waals surface area contributed by atoms with Crippen LogP contribution in [0.3, 0.4) is 0 Å². The average molecular weight is 217 g/mol. The second-order valence-corrected chi connectivity index (χ2v) is 4.19. The second-order valence-electron chi connectivity index (χ2n) is 2.76. The summed E-state index contributed by atoms with van der Waals surface area (Å²) >= 11 is 1.49. The third kappa shape index (κ3) is 3.80. The highest BCUT2D eigenvalue weighted by molar-refractivity contribution is 8.04. The lowest BCUT2D eigenvalue weighted by atomic mass is 10.3. The van der Waals surface area contributed by atoms with E-state index >= 15 is 0 Å². The zero-order chi connectivity index (χ0) is 10.4. The zero-order valence-electron chi connectivity index (χ0n) is 7.43. The smallest absolute Gasteiger partial charge is 0.308 e. The van der Waals surface area contributed by atoms with E-state index in [1.807, 2.05) is 6.08 Å². The maximum absolute atomic E-state index is 10.4. The Morgan fingerprint density at radius 3 is 3.29 bits per heavy atom. The van der Waals surface area contributed by atoms with Crippen LogP contribution < -0.4 is 5.48 Å². The molecule has 1 heterocycles. The fraction of sp³-hybridized carbons (Fsp3) is 0.500. The van der Waals surface area contributed by atoms with E-state index in [-0.39, 0.29) is 11.7 Å². The number of hydrogen-bond acceptors (Lipinski definition) is 4. The minimum absolute atomic E-state index is 0.0717. The normalized spacial score (nSPS) is 20.3. The topological polar surface area (TPSA) is 75.6 Å². The molecule has 0 aromatic rings. The Labute approximate surface area is 85.5 Å². The van der Waals surface area contributed by atoms with Gasteiger partial charge in [-0.05, 0) is 11.3 Å². The molecule has 6 heteroatoms. The number of amides is 1. The Bertz CT molecular complexity index is 254. The Balaban J connectivity index is 2.18. The molecule has 5 nitrogen and oxygen atoms in total. The highest BCUT2D eigenvalue weighted by Gasteiger charge is 2.19. The molecule has 1 atom stereocenters. The minimum Gasteiger partial charge on any atom is -0.481 e. The first-order valence-corrected chi connectivity index (χ1v) is 4.98. The van der Waals surface area contributed by atoms with Gasteiger partial charge in [-0.15, -0.1) is 11.8 Å². The summed E-state index contributed by atoms with van der Waals surface area (Å²) in [5.74, 6) is -0.823. The van der Waals surface area contributed by atoms with Gasteiger partial charge in [0, 0.05) is 5.25 Å². The van der Waals surface area contributed by atoms with Gasteiger partial charge in [-0.2, -0.15) is 0 Å². The van der Waals surface area contributed by atoms with Gasteiger partial charge in [-0.25, -0.2) is 5.48 Å². The summed E-state index contributed by atoms with van der Waals surface area (Å²) in [6.07, 6.45) is 3.22. The molecule has 2 N–H and O–H groups in total. The van der Waals surface area contributed by atoms with Gasteiger partial charge in [-0.3, -0.25) is 14.4 Å². The average Bonchev–Trinajstić information content (AvgIpc) is 2.52. The summed E-state index contributed by atoms with van der Waals surface area (Å²) in [5.41, 5.74) is 2.10. The summed E-state index contributed by atoms with van der Waals surface area (Å²) in [6, 6.07) is 0. The minimum atomic E-state index is -0.823. The highest BCUT2D eigenvalue weighted by atomic mass is 32.2. The molecule has 0 saturated carbocycles. The van der Waals surface area contributed by atoms with Crippen LogP contribution in [-0.2, 0) is 14.4 Å². The Hall–Kier alpha value is -1.01. The third-order valence-electron chi connectivity index (χ3n) is 1.65. The number of rotatable bonds is 6. The Kier molecular flexibility index (Phi) is 4.48. The van der Waals surface area contributed by atoms with Crippen LogP contribution in [0.4, 0.5) is 0 Å². The lowest BCUT2D eigenvalue weighted by Crippen LogP contribution is -2.18. The SMILES string of the molecule is O=CNOCC1CC=C(CC(=O)O)S1. The van der Waals surface area contributed by atoms with Gasteiger partial charge in [0.05, 0.1) is 13.0 Å². The van der Waals surface area contributed by atoms with E-state index in [0.717, 1.165) is 11.3 Å². The molecule has 14 heavy (non-hydrogen) atoms. The largest absolute Gasteiger partial charge is 0.481 e. The number of hydroxylamine groups is 1. The first kappa shape index (κ1) is 11.1. The Morgan fingerprint density at radius 2 is 2.64 bits per heavy atom. The number of carbonyl (C=O) groups is 2. The maximum atomic E-state index is 10.4. The first-order valence-electron chi connectivity index (χ1n) is 4.11. The molecule has 1 aliphatic rings. The van der Waals surface area contributed by atoms with Crippen molar-refractivity contribution in [2.45, 2.75) is 18.1 Å². The lowest BCUT2D eigenvalue weighted by molar-refractivity contribution is -0.136. The van der Waals surface area contributed by atoms with Crippen LogP contribution >= 0.6 is 11.8 Å². The van der Waals surface area contributed by atoms with Crippen molar-refractivity contribution < 1.29 is 19.5 Å². The fourth-order valence-corrected chi connectivity index (χ4v) is 2.27. The summed E-state index contributed by atoms with van der Waals surface area (Å²) < 4.78 is 0. The first-order chi connectivity index (χ1) is 6.72. The number of carbonyl (C=O) groups excluding carboxylic acids is 1. The predicted molar refractivity (Wildman–Crippen MR) is 51.5 cm³/mol. The second kappa shape index (κ2) is 5.66. The van der Waals surface area contributed by atoms with E-state index in [9.17, 15) is 9.59 Å². The van der Waals surface area contributed by atoms with Gasteiger partial charge in [0.2, 0.25) is 6.41 Å². The van der Waals surface area contributed by atoms with E-state index in [0.29, 0.717) is 13.0 Å². The molecule has 0 aliphatic carbocycles.